The molecule has 1 unspecified atom stereocenters. The third kappa shape index (κ3) is 2.23. The first-order valence-corrected chi connectivity index (χ1v) is 6.73. The lowest BCUT2D eigenvalue weighted by molar-refractivity contribution is 0.326. The highest BCUT2D eigenvalue weighted by molar-refractivity contribution is 9.10. The van der Waals surface area contributed by atoms with Crippen molar-refractivity contribution in [1.82, 2.24) is 9.88 Å². The minimum atomic E-state index is 0.562. The van der Waals surface area contributed by atoms with E-state index >= 15 is 0 Å². The molecule has 16 heavy (non-hydrogen) atoms. The summed E-state index contributed by atoms with van der Waals surface area (Å²) >= 11 is 3.52. The van der Waals surface area contributed by atoms with Crippen molar-refractivity contribution in [2.75, 3.05) is 18.4 Å². The fourth-order valence-electron chi connectivity index (χ4n) is 2.36. The van der Waals surface area contributed by atoms with E-state index in [0.29, 0.717) is 6.04 Å². The van der Waals surface area contributed by atoms with E-state index in [1.54, 1.807) is 0 Å². The zero-order valence-electron chi connectivity index (χ0n) is 9.19. The van der Waals surface area contributed by atoms with Crippen molar-refractivity contribution in [1.29, 1.82) is 0 Å². The summed E-state index contributed by atoms with van der Waals surface area (Å²) in [5, 5.41) is 3.52. The molecule has 3 nitrogen and oxygen atoms in total. The molecule has 0 spiro atoms. The largest absolute Gasteiger partial charge is 0.365 e. The lowest BCUT2D eigenvalue weighted by atomic mass is 10.2. The Bertz CT molecular complexity index is 378. The summed E-state index contributed by atoms with van der Waals surface area (Å²) in [5.74, 6) is 0.977. The van der Waals surface area contributed by atoms with Gasteiger partial charge >= 0.3 is 0 Å². The maximum absolute atomic E-state index is 4.35. The Labute approximate surface area is 104 Å². The summed E-state index contributed by atoms with van der Waals surface area (Å²) in [4.78, 5) is 6.96. The average Bonchev–Trinajstić information content (AvgIpc) is 3.03. The number of likely N-dealkylation sites (tertiary alicyclic amines) is 1. The monoisotopic (exact) mass is 281 g/mol. The van der Waals surface area contributed by atoms with Gasteiger partial charge in [-0.2, -0.15) is 0 Å². The molecule has 0 radical (unpaired) electrons. The van der Waals surface area contributed by atoms with Gasteiger partial charge in [0.2, 0.25) is 0 Å². The van der Waals surface area contributed by atoms with E-state index in [-0.39, 0.29) is 0 Å². The van der Waals surface area contributed by atoms with Crippen molar-refractivity contribution < 1.29 is 0 Å². The van der Waals surface area contributed by atoms with Gasteiger partial charge in [-0.05, 0) is 47.3 Å². The number of halogens is 1. The van der Waals surface area contributed by atoms with Gasteiger partial charge in [0.1, 0.15) is 5.82 Å². The molecule has 1 aliphatic carbocycles. The zero-order valence-corrected chi connectivity index (χ0v) is 10.8. The van der Waals surface area contributed by atoms with E-state index in [1.807, 2.05) is 18.3 Å². The molecule has 86 valence electrons. The van der Waals surface area contributed by atoms with Crippen LogP contribution in [0.15, 0.2) is 22.8 Å². The molecule has 1 N–H and O–H groups in total. The summed E-state index contributed by atoms with van der Waals surface area (Å²) in [6, 6.07) is 5.43. The highest BCUT2D eigenvalue weighted by atomic mass is 79.9. The average molecular weight is 282 g/mol. The molecule has 1 atom stereocenters. The Hall–Kier alpha value is -0.610. The van der Waals surface area contributed by atoms with Crippen molar-refractivity contribution in [2.24, 2.45) is 0 Å². The first kappa shape index (κ1) is 10.5. The van der Waals surface area contributed by atoms with Gasteiger partial charge in [0, 0.05) is 31.4 Å². The molecule has 0 amide bonds. The van der Waals surface area contributed by atoms with Crippen LogP contribution in [0, 0.1) is 0 Å². The number of nitrogens with one attached hydrogen (secondary N) is 1. The van der Waals surface area contributed by atoms with E-state index in [2.05, 4.69) is 31.1 Å². The maximum atomic E-state index is 4.35. The summed E-state index contributed by atoms with van der Waals surface area (Å²) in [6.07, 6.45) is 5.88. The summed E-state index contributed by atoms with van der Waals surface area (Å²) in [6.45, 7) is 2.42. The third-order valence-corrected chi connectivity index (χ3v) is 4.02. The van der Waals surface area contributed by atoms with Gasteiger partial charge in [0.25, 0.3) is 0 Å². The van der Waals surface area contributed by atoms with Crippen LogP contribution in [-0.2, 0) is 0 Å². The van der Waals surface area contributed by atoms with E-state index in [4.69, 9.17) is 0 Å². The van der Waals surface area contributed by atoms with Gasteiger partial charge in [-0.25, -0.2) is 4.98 Å². The Kier molecular flexibility index (Phi) is 2.86. The second-order valence-corrected chi connectivity index (χ2v) is 5.54. The highest BCUT2D eigenvalue weighted by Crippen LogP contribution is 2.31. The van der Waals surface area contributed by atoms with Crippen molar-refractivity contribution in [3.05, 3.63) is 22.8 Å². The summed E-state index contributed by atoms with van der Waals surface area (Å²) in [7, 11) is 0. The Morgan fingerprint density at radius 3 is 3.00 bits per heavy atom. The van der Waals surface area contributed by atoms with Gasteiger partial charge in [-0.3, -0.25) is 4.90 Å². The molecular formula is C12H16BrN3. The molecule has 0 bridgehead atoms. The lowest BCUT2D eigenvalue weighted by Crippen LogP contribution is -2.28. The van der Waals surface area contributed by atoms with E-state index in [9.17, 15) is 0 Å². The van der Waals surface area contributed by atoms with Crippen LogP contribution < -0.4 is 5.32 Å². The standard InChI is InChI=1S/C12H16BrN3/c13-11-2-1-6-14-12(11)15-9-5-7-16(8-9)10-3-4-10/h1-2,6,9-10H,3-5,7-8H2,(H,14,15). The molecule has 1 aliphatic heterocycles. The van der Waals surface area contributed by atoms with E-state index in [0.717, 1.165) is 16.3 Å². The van der Waals surface area contributed by atoms with Gasteiger partial charge in [-0.1, -0.05) is 0 Å². The van der Waals surface area contributed by atoms with Gasteiger partial charge < -0.3 is 5.32 Å². The molecule has 2 aliphatic rings. The number of hydrogen-bond acceptors (Lipinski definition) is 3. The number of anilines is 1. The molecule has 1 aromatic heterocycles. The minimum absolute atomic E-state index is 0.562. The van der Waals surface area contributed by atoms with Crippen LogP contribution in [0.25, 0.3) is 0 Å². The first-order chi connectivity index (χ1) is 7.83. The molecule has 1 aromatic rings. The zero-order chi connectivity index (χ0) is 11.0. The minimum Gasteiger partial charge on any atom is -0.365 e. The van der Waals surface area contributed by atoms with Crippen molar-refractivity contribution in [2.45, 2.75) is 31.3 Å². The quantitative estimate of drug-likeness (QED) is 0.923. The molecule has 3 rings (SSSR count). The van der Waals surface area contributed by atoms with Gasteiger partial charge in [0.05, 0.1) is 4.47 Å². The second-order valence-electron chi connectivity index (χ2n) is 4.69. The fraction of sp³-hybridized carbons (Fsp3) is 0.583. The molecule has 1 saturated heterocycles. The van der Waals surface area contributed by atoms with E-state index < -0.39 is 0 Å². The highest BCUT2D eigenvalue weighted by Gasteiger charge is 2.34. The van der Waals surface area contributed by atoms with Crippen LogP contribution in [-0.4, -0.2) is 35.1 Å². The van der Waals surface area contributed by atoms with Crippen molar-refractivity contribution in [3.63, 3.8) is 0 Å². The van der Waals surface area contributed by atoms with E-state index in [1.165, 1.54) is 32.4 Å². The molecule has 0 aromatic carbocycles. The van der Waals surface area contributed by atoms with Crippen LogP contribution in [0.5, 0.6) is 0 Å². The summed E-state index contributed by atoms with van der Waals surface area (Å²) in [5.41, 5.74) is 0. The topological polar surface area (TPSA) is 28.2 Å². The Morgan fingerprint density at radius 2 is 2.25 bits per heavy atom. The van der Waals surface area contributed by atoms with Gasteiger partial charge in [-0.15, -0.1) is 0 Å². The van der Waals surface area contributed by atoms with Crippen LogP contribution in [0.1, 0.15) is 19.3 Å². The molecule has 1 saturated carbocycles. The third-order valence-electron chi connectivity index (χ3n) is 3.38. The van der Waals surface area contributed by atoms with Crippen LogP contribution in [0.3, 0.4) is 0 Å². The van der Waals surface area contributed by atoms with Crippen LogP contribution >= 0.6 is 15.9 Å². The number of aromatic nitrogens is 1. The number of pyridine rings is 1. The fourth-order valence-corrected chi connectivity index (χ4v) is 2.73. The number of nitrogens with zero attached hydrogens (tertiary/aromatic N) is 2. The normalized spacial score (nSPS) is 25.9. The molecule has 4 heteroatoms. The van der Waals surface area contributed by atoms with Crippen molar-refractivity contribution in [3.8, 4) is 0 Å². The van der Waals surface area contributed by atoms with Crippen LogP contribution in [0.4, 0.5) is 5.82 Å². The SMILES string of the molecule is Brc1cccnc1NC1CCN(C2CC2)C1. The number of hydrogen-bond donors (Lipinski definition) is 1. The maximum Gasteiger partial charge on any atom is 0.140 e. The first-order valence-electron chi connectivity index (χ1n) is 5.94. The van der Waals surface area contributed by atoms with Gasteiger partial charge in [0.15, 0.2) is 0 Å². The molecule has 2 fully saturated rings. The smallest absolute Gasteiger partial charge is 0.140 e. The predicted molar refractivity (Wildman–Crippen MR) is 68.6 cm³/mol. The second kappa shape index (κ2) is 4.34. The summed E-state index contributed by atoms with van der Waals surface area (Å²) < 4.78 is 1.06. The van der Waals surface area contributed by atoms with Crippen molar-refractivity contribution >= 4 is 21.7 Å². The predicted octanol–water partition coefficient (Wildman–Crippen LogP) is 2.49. The molecule has 2 heterocycles. The van der Waals surface area contributed by atoms with Crippen LogP contribution in [0.2, 0.25) is 0 Å². The lowest BCUT2D eigenvalue weighted by Gasteiger charge is -2.16. The Morgan fingerprint density at radius 1 is 1.38 bits per heavy atom. The Balaban J connectivity index is 1.61. The molecular weight excluding hydrogens is 266 g/mol. The number of rotatable bonds is 3.